The van der Waals surface area contributed by atoms with E-state index in [9.17, 15) is 4.79 Å². The number of carbonyl (C=O) groups excluding carboxylic acids is 1. The highest BCUT2D eigenvalue weighted by molar-refractivity contribution is 5.92. The summed E-state index contributed by atoms with van der Waals surface area (Å²) in [7, 11) is 0. The van der Waals surface area contributed by atoms with Crippen LogP contribution in [0.4, 0.5) is 0 Å². The van der Waals surface area contributed by atoms with Crippen LogP contribution in [0.15, 0.2) is 24.3 Å². The van der Waals surface area contributed by atoms with Crippen molar-refractivity contribution in [1.82, 2.24) is 10.2 Å². The van der Waals surface area contributed by atoms with Crippen LogP contribution in [0.2, 0.25) is 0 Å². The predicted molar refractivity (Wildman–Crippen MR) is 68.0 cm³/mol. The third kappa shape index (κ3) is 2.05. The molecule has 0 aliphatic heterocycles. The van der Waals surface area contributed by atoms with E-state index in [1.807, 2.05) is 45.0 Å². The fraction of sp³-hybridized carbons (Fsp3) is 0.357. The molecule has 1 atom stereocenters. The van der Waals surface area contributed by atoms with Gasteiger partial charge in [-0.1, -0.05) is 31.2 Å². The van der Waals surface area contributed by atoms with E-state index in [0.29, 0.717) is 6.42 Å². The number of ketones is 1. The van der Waals surface area contributed by atoms with Gasteiger partial charge in [-0.15, -0.1) is 0 Å². The van der Waals surface area contributed by atoms with Gasteiger partial charge in [0.1, 0.15) is 5.78 Å². The van der Waals surface area contributed by atoms with Gasteiger partial charge in [0.2, 0.25) is 0 Å². The Morgan fingerprint density at radius 3 is 2.53 bits per heavy atom. The molecular weight excluding hydrogens is 212 g/mol. The van der Waals surface area contributed by atoms with E-state index in [-0.39, 0.29) is 11.7 Å². The van der Waals surface area contributed by atoms with E-state index < -0.39 is 0 Å². The molecule has 3 nitrogen and oxygen atoms in total. The molecule has 0 spiro atoms. The van der Waals surface area contributed by atoms with Gasteiger partial charge in [-0.3, -0.25) is 4.79 Å². The van der Waals surface area contributed by atoms with Crippen molar-refractivity contribution < 1.29 is 4.79 Å². The number of nitrogens with zero attached hydrogens (tertiary/aromatic N) is 2. The van der Waals surface area contributed by atoms with Crippen molar-refractivity contribution in [2.24, 2.45) is 0 Å². The lowest BCUT2D eigenvalue weighted by Gasteiger charge is -2.11. The summed E-state index contributed by atoms with van der Waals surface area (Å²) in [5.41, 5.74) is 1.69. The first-order valence-corrected chi connectivity index (χ1v) is 5.89. The molecule has 1 heterocycles. The normalized spacial score (nSPS) is 12.6. The Kier molecular flexibility index (Phi) is 3.18. The second kappa shape index (κ2) is 4.62. The summed E-state index contributed by atoms with van der Waals surface area (Å²) in [4.78, 5) is 11.8. The summed E-state index contributed by atoms with van der Waals surface area (Å²) in [6, 6.07) is 7.97. The molecule has 0 radical (unpaired) electrons. The molecule has 0 bridgehead atoms. The lowest BCUT2D eigenvalue weighted by Crippen LogP contribution is -2.11. The fourth-order valence-corrected chi connectivity index (χ4v) is 2.04. The van der Waals surface area contributed by atoms with E-state index in [1.165, 1.54) is 0 Å². The quantitative estimate of drug-likeness (QED) is 0.811. The number of carbonyl (C=O) groups is 1. The first-order chi connectivity index (χ1) is 8.15. The van der Waals surface area contributed by atoms with Crippen LogP contribution < -0.4 is 0 Å². The molecule has 2 aromatic rings. The first kappa shape index (κ1) is 11.7. The van der Waals surface area contributed by atoms with E-state index in [4.69, 9.17) is 0 Å². The van der Waals surface area contributed by atoms with Crippen LogP contribution in [-0.4, -0.2) is 16.0 Å². The molecule has 88 valence electrons. The molecule has 0 amide bonds. The third-order valence-electron chi connectivity index (χ3n) is 3.14. The molecule has 2 rings (SSSR count). The van der Waals surface area contributed by atoms with Gasteiger partial charge in [-0.2, -0.15) is 10.2 Å². The standard InChI is InChI=1S/C14H16N2O/c1-4-13(17)9(2)14-12-8-6-5-7-11(12)10(3)15-16-14/h5-9H,4H2,1-3H3. The number of fused-ring (bicyclic) bond motifs is 1. The Labute approximate surface area is 101 Å². The Bertz CT molecular complexity index is 563. The molecule has 0 saturated carbocycles. The Morgan fingerprint density at radius 2 is 1.88 bits per heavy atom. The number of Topliss-reactive ketones (excluding diaryl/α,β-unsaturated/α-hetero) is 1. The van der Waals surface area contributed by atoms with Gasteiger partial charge in [0.05, 0.1) is 17.3 Å². The van der Waals surface area contributed by atoms with Crippen molar-refractivity contribution in [3.8, 4) is 0 Å². The highest BCUT2D eigenvalue weighted by Crippen LogP contribution is 2.25. The summed E-state index contributed by atoms with van der Waals surface area (Å²) >= 11 is 0. The van der Waals surface area contributed by atoms with E-state index >= 15 is 0 Å². The Balaban J connectivity index is 2.63. The number of aromatic nitrogens is 2. The lowest BCUT2D eigenvalue weighted by molar-refractivity contribution is -0.119. The number of hydrogen-bond acceptors (Lipinski definition) is 3. The third-order valence-corrected chi connectivity index (χ3v) is 3.14. The maximum absolute atomic E-state index is 11.8. The van der Waals surface area contributed by atoms with Crippen LogP contribution in [-0.2, 0) is 4.79 Å². The number of hydrogen-bond donors (Lipinski definition) is 0. The highest BCUT2D eigenvalue weighted by Gasteiger charge is 2.18. The van der Waals surface area contributed by atoms with Gasteiger partial charge in [0.25, 0.3) is 0 Å². The highest BCUT2D eigenvalue weighted by atomic mass is 16.1. The summed E-state index contributed by atoms with van der Waals surface area (Å²) in [5.74, 6) is 0.0197. The number of aryl methyl sites for hydroxylation is 1. The van der Waals surface area contributed by atoms with Crippen molar-refractivity contribution >= 4 is 16.6 Å². The van der Waals surface area contributed by atoms with Crippen LogP contribution in [0.3, 0.4) is 0 Å². The molecule has 1 aromatic carbocycles. The molecular formula is C14H16N2O. The molecule has 0 aliphatic rings. The number of benzene rings is 1. The van der Waals surface area contributed by atoms with Crippen molar-refractivity contribution in [3.05, 3.63) is 35.7 Å². The second-order valence-corrected chi connectivity index (χ2v) is 4.26. The molecule has 3 heteroatoms. The zero-order valence-corrected chi connectivity index (χ0v) is 10.4. The molecule has 1 aromatic heterocycles. The average molecular weight is 228 g/mol. The number of rotatable bonds is 3. The Hall–Kier alpha value is -1.77. The zero-order chi connectivity index (χ0) is 12.4. The van der Waals surface area contributed by atoms with E-state index in [1.54, 1.807) is 0 Å². The molecule has 0 N–H and O–H groups in total. The van der Waals surface area contributed by atoms with Crippen LogP contribution in [0.1, 0.15) is 37.6 Å². The van der Waals surface area contributed by atoms with Gasteiger partial charge >= 0.3 is 0 Å². The molecule has 0 aliphatic carbocycles. The largest absolute Gasteiger partial charge is 0.299 e. The fourth-order valence-electron chi connectivity index (χ4n) is 2.04. The van der Waals surface area contributed by atoms with Crippen molar-refractivity contribution in [3.63, 3.8) is 0 Å². The van der Waals surface area contributed by atoms with Gasteiger partial charge < -0.3 is 0 Å². The van der Waals surface area contributed by atoms with Crippen molar-refractivity contribution in [1.29, 1.82) is 0 Å². The summed E-state index contributed by atoms with van der Waals surface area (Å²) in [6.45, 7) is 5.71. The van der Waals surface area contributed by atoms with Gasteiger partial charge in [0.15, 0.2) is 0 Å². The second-order valence-electron chi connectivity index (χ2n) is 4.26. The van der Waals surface area contributed by atoms with Gasteiger partial charge in [-0.25, -0.2) is 0 Å². The minimum Gasteiger partial charge on any atom is -0.299 e. The zero-order valence-electron chi connectivity index (χ0n) is 10.4. The predicted octanol–water partition coefficient (Wildman–Crippen LogP) is 3.02. The summed E-state index contributed by atoms with van der Waals surface area (Å²) in [5, 5.41) is 10.5. The smallest absolute Gasteiger partial charge is 0.141 e. The minimum absolute atomic E-state index is 0.182. The molecule has 1 unspecified atom stereocenters. The van der Waals surface area contributed by atoms with Gasteiger partial charge in [-0.05, 0) is 13.8 Å². The van der Waals surface area contributed by atoms with Gasteiger partial charge in [0, 0.05) is 17.2 Å². The monoisotopic (exact) mass is 228 g/mol. The first-order valence-electron chi connectivity index (χ1n) is 5.89. The Morgan fingerprint density at radius 1 is 1.24 bits per heavy atom. The average Bonchev–Trinajstić information content (AvgIpc) is 2.38. The summed E-state index contributed by atoms with van der Waals surface area (Å²) < 4.78 is 0. The molecule has 0 saturated heterocycles. The maximum Gasteiger partial charge on any atom is 0.141 e. The lowest BCUT2D eigenvalue weighted by atomic mass is 9.96. The van der Waals surface area contributed by atoms with Crippen molar-refractivity contribution in [2.75, 3.05) is 0 Å². The molecule has 17 heavy (non-hydrogen) atoms. The van der Waals surface area contributed by atoms with Crippen LogP contribution >= 0.6 is 0 Å². The molecule has 0 fully saturated rings. The topological polar surface area (TPSA) is 42.9 Å². The SMILES string of the molecule is CCC(=O)C(C)c1nnc(C)c2ccccc12. The van der Waals surface area contributed by atoms with Crippen LogP contribution in [0.5, 0.6) is 0 Å². The van der Waals surface area contributed by atoms with Crippen LogP contribution in [0, 0.1) is 6.92 Å². The van der Waals surface area contributed by atoms with E-state index in [0.717, 1.165) is 22.2 Å². The minimum atomic E-state index is -0.182. The summed E-state index contributed by atoms with van der Waals surface area (Å²) in [6.07, 6.45) is 0.533. The maximum atomic E-state index is 11.8. The van der Waals surface area contributed by atoms with Crippen LogP contribution in [0.25, 0.3) is 10.8 Å². The van der Waals surface area contributed by atoms with E-state index in [2.05, 4.69) is 10.2 Å². The van der Waals surface area contributed by atoms with Crippen molar-refractivity contribution in [2.45, 2.75) is 33.1 Å².